The predicted molar refractivity (Wildman–Crippen MR) is 76.4 cm³/mol. The Kier molecular flexibility index (Phi) is 3.79. The molecule has 1 aromatic rings. The summed E-state index contributed by atoms with van der Waals surface area (Å²) in [5.74, 6) is -1.04. The zero-order valence-corrected chi connectivity index (χ0v) is 11.7. The number of morpholine rings is 1. The van der Waals surface area contributed by atoms with E-state index in [2.05, 4.69) is 5.32 Å². The van der Waals surface area contributed by atoms with Gasteiger partial charge in [0.15, 0.2) is 6.04 Å². The van der Waals surface area contributed by atoms with Crippen LogP contribution in [0.3, 0.4) is 0 Å². The molecule has 3 rings (SSSR count). The van der Waals surface area contributed by atoms with Gasteiger partial charge in [0.1, 0.15) is 0 Å². The molecule has 1 aliphatic carbocycles. The minimum atomic E-state index is -1.04. The van der Waals surface area contributed by atoms with Gasteiger partial charge in [0.25, 0.3) is 0 Å². The number of carboxylic acid groups (broad SMARTS) is 1. The Morgan fingerprint density at radius 1 is 1.29 bits per heavy atom. The fourth-order valence-electron chi connectivity index (χ4n) is 2.90. The smallest absolute Gasteiger partial charge is 0.328 e. The van der Waals surface area contributed by atoms with E-state index in [1.165, 1.54) is 16.0 Å². The van der Waals surface area contributed by atoms with E-state index in [0.717, 1.165) is 24.9 Å². The van der Waals surface area contributed by atoms with Crippen molar-refractivity contribution in [3.8, 4) is 0 Å². The number of benzene rings is 1. The number of carbonyl (C=O) groups excluding carboxylic acids is 1. The molecular weight excluding hydrogens is 272 g/mol. The first-order valence-electron chi connectivity index (χ1n) is 7.15. The number of ether oxygens (including phenoxy) is 1. The largest absolute Gasteiger partial charge is 0.480 e. The van der Waals surface area contributed by atoms with Gasteiger partial charge in [0.05, 0.1) is 13.2 Å². The van der Waals surface area contributed by atoms with Gasteiger partial charge in [0, 0.05) is 12.2 Å². The van der Waals surface area contributed by atoms with Crippen LogP contribution >= 0.6 is 0 Å². The number of hydrogen-bond acceptors (Lipinski definition) is 3. The SMILES string of the molecule is O=C(O)C1COCCN1C(=O)Nc1ccc2c(c1)CCC2. The lowest BCUT2D eigenvalue weighted by molar-refractivity contribution is -0.147. The topological polar surface area (TPSA) is 78.9 Å². The minimum Gasteiger partial charge on any atom is -0.480 e. The maximum atomic E-state index is 12.3. The van der Waals surface area contributed by atoms with Crippen molar-refractivity contribution in [3.05, 3.63) is 29.3 Å². The number of nitrogens with one attached hydrogen (secondary N) is 1. The second-order valence-electron chi connectivity index (χ2n) is 5.39. The molecule has 0 spiro atoms. The number of aliphatic carboxylic acids is 1. The van der Waals surface area contributed by atoms with E-state index in [1.807, 2.05) is 18.2 Å². The highest BCUT2D eigenvalue weighted by Gasteiger charge is 2.32. The molecule has 6 heteroatoms. The summed E-state index contributed by atoms with van der Waals surface area (Å²) in [5.41, 5.74) is 3.32. The molecule has 2 aliphatic rings. The van der Waals surface area contributed by atoms with Gasteiger partial charge >= 0.3 is 12.0 Å². The van der Waals surface area contributed by atoms with Crippen molar-refractivity contribution in [1.82, 2.24) is 4.90 Å². The van der Waals surface area contributed by atoms with Gasteiger partial charge in [-0.2, -0.15) is 0 Å². The third-order valence-electron chi connectivity index (χ3n) is 4.02. The number of anilines is 1. The summed E-state index contributed by atoms with van der Waals surface area (Å²) in [4.78, 5) is 24.8. The van der Waals surface area contributed by atoms with Crippen LogP contribution in [0.4, 0.5) is 10.5 Å². The molecule has 112 valence electrons. The standard InChI is InChI=1S/C15H18N2O4/c18-14(19)13-9-21-7-6-17(13)15(20)16-12-5-4-10-2-1-3-11(10)8-12/h4-5,8,13H,1-3,6-7,9H2,(H,16,20)(H,18,19). The maximum Gasteiger partial charge on any atom is 0.328 e. The van der Waals surface area contributed by atoms with Crippen LogP contribution in [0.25, 0.3) is 0 Å². The molecule has 1 unspecified atom stereocenters. The molecule has 1 saturated heterocycles. The first-order chi connectivity index (χ1) is 10.1. The van der Waals surface area contributed by atoms with Gasteiger partial charge in [0.2, 0.25) is 0 Å². The van der Waals surface area contributed by atoms with E-state index < -0.39 is 12.0 Å². The molecule has 2 N–H and O–H groups in total. The summed E-state index contributed by atoms with van der Waals surface area (Å²) < 4.78 is 5.13. The van der Waals surface area contributed by atoms with Gasteiger partial charge < -0.3 is 20.1 Å². The van der Waals surface area contributed by atoms with Crippen LogP contribution in [-0.4, -0.2) is 47.8 Å². The van der Waals surface area contributed by atoms with Crippen molar-refractivity contribution >= 4 is 17.7 Å². The molecule has 6 nitrogen and oxygen atoms in total. The Morgan fingerprint density at radius 2 is 2.10 bits per heavy atom. The summed E-state index contributed by atoms with van der Waals surface area (Å²) >= 11 is 0. The van der Waals surface area contributed by atoms with Crippen molar-refractivity contribution < 1.29 is 19.4 Å². The Hall–Kier alpha value is -2.08. The summed E-state index contributed by atoms with van der Waals surface area (Å²) in [6.45, 7) is 0.683. The third-order valence-corrected chi connectivity index (χ3v) is 4.02. The molecule has 2 amide bonds. The summed E-state index contributed by atoms with van der Waals surface area (Å²) in [7, 11) is 0. The predicted octanol–water partition coefficient (Wildman–Crippen LogP) is 1.49. The van der Waals surface area contributed by atoms with Crippen LogP contribution in [0.1, 0.15) is 17.5 Å². The number of aryl methyl sites for hydroxylation is 2. The number of carbonyl (C=O) groups is 2. The van der Waals surface area contributed by atoms with Gasteiger partial charge in [-0.3, -0.25) is 0 Å². The average Bonchev–Trinajstić information content (AvgIpc) is 2.94. The summed E-state index contributed by atoms with van der Waals surface area (Å²) in [5, 5.41) is 11.9. The molecule has 21 heavy (non-hydrogen) atoms. The Labute approximate surface area is 122 Å². The Bertz CT molecular complexity index is 573. The molecule has 0 bridgehead atoms. The fraction of sp³-hybridized carbons (Fsp3) is 0.467. The average molecular weight is 290 g/mol. The lowest BCUT2D eigenvalue weighted by atomic mass is 10.1. The number of urea groups is 1. The lowest BCUT2D eigenvalue weighted by Crippen LogP contribution is -2.53. The van der Waals surface area contributed by atoms with Crippen molar-refractivity contribution in [2.75, 3.05) is 25.1 Å². The van der Waals surface area contributed by atoms with Crippen LogP contribution in [0.5, 0.6) is 0 Å². The zero-order valence-electron chi connectivity index (χ0n) is 11.7. The second kappa shape index (κ2) is 5.73. The van der Waals surface area contributed by atoms with E-state index >= 15 is 0 Å². The van der Waals surface area contributed by atoms with Crippen molar-refractivity contribution in [3.63, 3.8) is 0 Å². The Balaban J connectivity index is 1.71. The Morgan fingerprint density at radius 3 is 2.90 bits per heavy atom. The first kappa shape index (κ1) is 13.9. The number of hydrogen-bond donors (Lipinski definition) is 2. The fourth-order valence-corrected chi connectivity index (χ4v) is 2.90. The highest BCUT2D eigenvalue weighted by molar-refractivity contribution is 5.92. The van der Waals surface area contributed by atoms with Crippen LogP contribution in [0.2, 0.25) is 0 Å². The molecular formula is C15H18N2O4. The third kappa shape index (κ3) is 2.85. The molecule has 1 aromatic carbocycles. The van der Waals surface area contributed by atoms with Gasteiger partial charge in [-0.05, 0) is 42.5 Å². The van der Waals surface area contributed by atoms with E-state index in [-0.39, 0.29) is 19.2 Å². The maximum absolute atomic E-state index is 12.3. The van der Waals surface area contributed by atoms with E-state index in [4.69, 9.17) is 9.84 Å². The van der Waals surface area contributed by atoms with Gasteiger partial charge in [-0.15, -0.1) is 0 Å². The van der Waals surface area contributed by atoms with Crippen LogP contribution in [0.15, 0.2) is 18.2 Å². The lowest BCUT2D eigenvalue weighted by Gasteiger charge is -2.32. The van der Waals surface area contributed by atoms with Crippen LogP contribution in [-0.2, 0) is 22.4 Å². The molecule has 1 fully saturated rings. The van der Waals surface area contributed by atoms with Crippen molar-refractivity contribution in [2.24, 2.45) is 0 Å². The van der Waals surface area contributed by atoms with Gasteiger partial charge in [-0.25, -0.2) is 9.59 Å². The van der Waals surface area contributed by atoms with E-state index in [1.54, 1.807) is 0 Å². The van der Waals surface area contributed by atoms with E-state index in [0.29, 0.717) is 6.61 Å². The van der Waals surface area contributed by atoms with Crippen LogP contribution < -0.4 is 5.32 Å². The quantitative estimate of drug-likeness (QED) is 0.865. The zero-order chi connectivity index (χ0) is 14.8. The normalized spacial score (nSPS) is 21.0. The van der Waals surface area contributed by atoms with Crippen molar-refractivity contribution in [2.45, 2.75) is 25.3 Å². The number of nitrogens with zero attached hydrogens (tertiary/aromatic N) is 1. The molecule has 0 aromatic heterocycles. The molecule has 0 saturated carbocycles. The number of carboxylic acids is 1. The summed E-state index contributed by atoms with van der Waals surface area (Å²) in [6.07, 6.45) is 3.28. The first-order valence-corrected chi connectivity index (χ1v) is 7.15. The molecule has 1 heterocycles. The van der Waals surface area contributed by atoms with Crippen LogP contribution in [0, 0.1) is 0 Å². The molecule has 1 atom stereocenters. The second-order valence-corrected chi connectivity index (χ2v) is 5.39. The summed E-state index contributed by atoms with van der Waals surface area (Å²) in [6, 6.07) is 4.58. The highest BCUT2D eigenvalue weighted by Crippen LogP contribution is 2.25. The minimum absolute atomic E-state index is 0.0347. The number of rotatable bonds is 2. The van der Waals surface area contributed by atoms with Crippen molar-refractivity contribution in [1.29, 1.82) is 0 Å². The number of amides is 2. The van der Waals surface area contributed by atoms with Gasteiger partial charge in [-0.1, -0.05) is 6.07 Å². The highest BCUT2D eigenvalue weighted by atomic mass is 16.5. The monoisotopic (exact) mass is 290 g/mol. The molecule has 1 aliphatic heterocycles. The molecule has 0 radical (unpaired) electrons. The van der Waals surface area contributed by atoms with E-state index in [9.17, 15) is 9.59 Å². The number of fused-ring (bicyclic) bond motifs is 1.